The first-order chi connectivity index (χ1) is 7.66. The minimum absolute atomic E-state index is 0.303. The van der Waals surface area contributed by atoms with Crippen molar-refractivity contribution in [2.45, 2.75) is 0 Å². The molecule has 2 amide bonds. The summed E-state index contributed by atoms with van der Waals surface area (Å²) in [7, 11) is 0. The maximum Gasteiger partial charge on any atom is 0.332 e. The second-order valence-electron chi connectivity index (χ2n) is 2.91. The Labute approximate surface area is 88.9 Å². The molecule has 0 aliphatic carbocycles. The summed E-state index contributed by atoms with van der Waals surface area (Å²) in [6.45, 7) is 0. The van der Waals surface area contributed by atoms with Gasteiger partial charge in [0.1, 0.15) is 0 Å². The standard InChI is InChI=1S/C8H7N5O3/c9-8(14)11-10-4-5-1-2-7-6(3-5)12-16-13(7)15/h1-4H,(H3,9,11,14)/b10-4+. The van der Waals surface area contributed by atoms with E-state index in [0.717, 1.165) is 0 Å². The fraction of sp³-hybridized carbons (Fsp3) is 0. The third kappa shape index (κ3) is 1.90. The average molecular weight is 221 g/mol. The Morgan fingerprint density at radius 3 is 3.25 bits per heavy atom. The second kappa shape index (κ2) is 3.85. The molecule has 1 aromatic heterocycles. The average Bonchev–Trinajstić information content (AvgIpc) is 2.60. The summed E-state index contributed by atoms with van der Waals surface area (Å²) in [4.78, 5) is 10.6. The zero-order chi connectivity index (χ0) is 11.5. The van der Waals surface area contributed by atoms with E-state index >= 15 is 0 Å². The zero-order valence-electron chi connectivity index (χ0n) is 7.95. The predicted octanol–water partition coefficient (Wildman–Crippen LogP) is -0.537. The van der Waals surface area contributed by atoms with Gasteiger partial charge >= 0.3 is 6.03 Å². The molecule has 0 aliphatic heterocycles. The zero-order valence-corrected chi connectivity index (χ0v) is 7.95. The number of nitrogens with one attached hydrogen (secondary N) is 1. The number of hydrazone groups is 1. The van der Waals surface area contributed by atoms with Crippen molar-refractivity contribution in [2.24, 2.45) is 10.8 Å². The Morgan fingerprint density at radius 1 is 1.69 bits per heavy atom. The van der Waals surface area contributed by atoms with Gasteiger partial charge in [0.25, 0.3) is 0 Å². The molecule has 1 aromatic carbocycles. The van der Waals surface area contributed by atoms with Crippen LogP contribution in [0.1, 0.15) is 5.56 Å². The van der Waals surface area contributed by atoms with E-state index in [1.54, 1.807) is 12.1 Å². The number of fused-ring (bicyclic) bond motifs is 1. The molecular weight excluding hydrogens is 214 g/mol. The number of carbonyl (C=O) groups excluding carboxylic acids is 1. The van der Waals surface area contributed by atoms with Gasteiger partial charge in [-0.25, -0.2) is 10.2 Å². The molecule has 0 saturated heterocycles. The van der Waals surface area contributed by atoms with Crippen LogP contribution in [0.4, 0.5) is 4.79 Å². The number of amides is 2. The number of urea groups is 1. The molecule has 0 radical (unpaired) electrons. The third-order valence-corrected chi connectivity index (χ3v) is 1.80. The molecule has 0 aliphatic rings. The highest BCUT2D eigenvalue weighted by molar-refractivity contribution is 5.86. The number of nitrogens with zero attached hydrogens (tertiary/aromatic N) is 3. The van der Waals surface area contributed by atoms with Gasteiger partial charge in [0.15, 0.2) is 0 Å². The van der Waals surface area contributed by atoms with Crippen molar-refractivity contribution in [1.29, 1.82) is 0 Å². The van der Waals surface area contributed by atoms with E-state index in [1.807, 2.05) is 5.43 Å². The number of benzene rings is 1. The predicted molar refractivity (Wildman–Crippen MR) is 53.3 cm³/mol. The monoisotopic (exact) mass is 221 g/mol. The lowest BCUT2D eigenvalue weighted by atomic mass is 10.2. The summed E-state index contributed by atoms with van der Waals surface area (Å²) in [5.74, 6) is 0. The van der Waals surface area contributed by atoms with E-state index in [9.17, 15) is 10.0 Å². The van der Waals surface area contributed by atoms with Gasteiger partial charge in [0.2, 0.25) is 11.0 Å². The molecule has 0 bridgehead atoms. The van der Waals surface area contributed by atoms with Crippen molar-refractivity contribution in [1.82, 2.24) is 10.6 Å². The Balaban J connectivity index is 2.26. The molecule has 3 N–H and O–H groups in total. The first-order valence-corrected chi connectivity index (χ1v) is 4.25. The number of carbonyl (C=O) groups is 1. The molecule has 82 valence electrons. The third-order valence-electron chi connectivity index (χ3n) is 1.80. The molecule has 0 fully saturated rings. The normalized spacial score (nSPS) is 11.0. The van der Waals surface area contributed by atoms with E-state index < -0.39 is 6.03 Å². The van der Waals surface area contributed by atoms with Crippen LogP contribution >= 0.6 is 0 Å². The highest BCUT2D eigenvalue weighted by Gasteiger charge is 2.08. The van der Waals surface area contributed by atoms with Crippen LogP contribution in [-0.2, 0) is 0 Å². The largest absolute Gasteiger partial charge is 0.359 e. The van der Waals surface area contributed by atoms with Gasteiger partial charge < -0.3 is 10.9 Å². The van der Waals surface area contributed by atoms with Crippen molar-refractivity contribution >= 4 is 23.3 Å². The number of rotatable bonds is 2. The lowest BCUT2D eigenvalue weighted by molar-refractivity contribution is -0.782. The maximum atomic E-state index is 11.0. The van der Waals surface area contributed by atoms with Gasteiger partial charge in [-0.05, 0) is 22.6 Å². The topological polar surface area (TPSA) is 120 Å². The van der Waals surface area contributed by atoms with E-state index in [2.05, 4.69) is 14.9 Å². The van der Waals surface area contributed by atoms with Gasteiger partial charge in [0, 0.05) is 11.2 Å². The van der Waals surface area contributed by atoms with E-state index in [-0.39, 0.29) is 0 Å². The minimum Gasteiger partial charge on any atom is -0.359 e. The van der Waals surface area contributed by atoms with Crippen molar-refractivity contribution in [3.63, 3.8) is 0 Å². The molecule has 16 heavy (non-hydrogen) atoms. The molecular formula is C8H7N5O3. The van der Waals surface area contributed by atoms with Crippen LogP contribution in [0, 0.1) is 5.21 Å². The number of nitrogens with two attached hydrogens (primary N) is 1. The summed E-state index contributed by atoms with van der Waals surface area (Å²) in [6.07, 6.45) is 1.37. The van der Waals surface area contributed by atoms with Gasteiger partial charge in [0.05, 0.1) is 6.21 Å². The number of hydrogen-bond donors (Lipinski definition) is 2. The Morgan fingerprint density at radius 2 is 2.50 bits per heavy atom. The van der Waals surface area contributed by atoms with Crippen LogP contribution in [0.25, 0.3) is 11.0 Å². The Bertz CT molecular complexity index is 562. The minimum atomic E-state index is -0.754. The lowest BCUT2D eigenvalue weighted by Crippen LogP contribution is -2.24. The van der Waals surface area contributed by atoms with Crippen LogP contribution in [0.2, 0.25) is 0 Å². The second-order valence-corrected chi connectivity index (χ2v) is 2.91. The van der Waals surface area contributed by atoms with Crippen molar-refractivity contribution < 1.29 is 14.3 Å². The number of aromatic nitrogens is 2. The van der Waals surface area contributed by atoms with Crippen LogP contribution in [0.3, 0.4) is 0 Å². The van der Waals surface area contributed by atoms with Crippen LogP contribution in [-0.4, -0.2) is 17.4 Å². The molecule has 2 rings (SSSR count). The van der Waals surface area contributed by atoms with Crippen molar-refractivity contribution in [3.05, 3.63) is 29.0 Å². The van der Waals surface area contributed by atoms with Crippen LogP contribution in [0.15, 0.2) is 27.9 Å². The summed E-state index contributed by atoms with van der Waals surface area (Å²) in [6, 6.07) is 3.99. The van der Waals surface area contributed by atoms with Crippen molar-refractivity contribution in [3.8, 4) is 0 Å². The summed E-state index contributed by atoms with van der Waals surface area (Å²) < 4.78 is 4.39. The van der Waals surface area contributed by atoms with E-state index in [1.165, 1.54) is 12.3 Å². The molecule has 2 aromatic rings. The Kier molecular flexibility index (Phi) is 2.38. The smallest absolute Gasteiger partial charge is 0.332 e. The molecule has 0 atom stereocenters. The SMILES string of the molecule is NC(=O)N/N=C/c1ccc2c(c1)no[n+]2[O-]. The summed E-state index contributed by atoms with van der Waals surface area (Å²) in [5.41, 5.74) is 8.23. The fourth-order valence-corrected chi connectivity index (χ4v) is 1.14. The molecule has 0 unspecified atom stereocenters. The van der Waals surface area contributed by atoms with Crippen LogP contribution < -0.4 is 16.1 Å². The first kappa shape index (κ1) is 9.90. The summed E-state index contributed by atoms with van der Waals surface area (Å²) >= 11 is 0. The highest BCUT2D eigenvalue weighted by atomic mass is 16.8. The molecule has 1 heterocycles. The van der Waals surface area contributed by atoms with Gasteiger partial charge in [-0.3, -0.25) is 4.63 Å². The van der Waals surface area contributed by atoms with Gasteiger partial charge in [-0.1, -0.05) is 0 Å². The molecule has 0 spiro atoms. The first-order valence-electron chi connectivity index (χ1n) is 4.25. The molecule has 8 nitrogen and oxygen atoms in total. The van der Waals surface area contributed by atoms with E-state index in [4.69, 9.17) is 5.73 Å². The number of hydrogen-bond acceptors (Lipinski definition) is 5. The van der Waals surface area contributed by atoms with Crippen LogP contribution in [0.5, 0.6) is 0 Å². The Hall–Kier alpha value is -2.64. The number of primary amides is 1. The lowest BCUT2D eigenvalue weighted by Gasteiger charge is -1.91. The maximum absolute atomic E-state index is 11.0. The fourth-order valence-electron chi connectivity index (χ4n) is 1.14. The summed E-state index contributed by atoms with van der Waals surface area (Å²) in [5, 5.41) is 18.1. The molecule has 8 heteroatoms. The quantitative estimate of drug-likeness (QED) is 0.402. The van der Waals surface area contributed by atoms with Gasteiger partial charge in [-0.15, -0.1) is 0 Å². The highest BCUT2D eigenvalue weighted by Crippen LogP contribution is 2.08. The molecule has 0 saturated carbocycles. The van der Waals surface area contributed by atoms with Gasteiger partial charge in [-0.2, -0.15) is 5.10 Å². The van der Waals surface area contributed by atoms with E-state index in [0.29, 0.717) is 21.5 Å². The van der Waals surface area contributed by atoms with Crippen molar-refractivity contribution in [2.75, 3.05) is 0 Å².